The van der Waals surface area contributed by atoms with Crippen LogP contribution < -0.4 is 15.8 Å². The van der Waals surface area contributed by atoms with Crippen LogP contribution in [0.4, 0.5) is 11.4 Å². The van der Waals surface area contributed by atoms with Crippen molar-refractivity contribution < 1.29 is 13.7 Å². The second-order valence-electron chi connectivity index (χ2n) is 5.03. The van der Waals surface area contributed by atoms with Crippen LogP contribution in [0.15, 0.2) is 18.2 Å². The van der Waals surface area contributed by atoms with Crippen LogP contribution in [-0.4, -0.2) is 28.2 Å². The summed E-state index contributed by atoms with van der Waals surface area (Å²) in [5.74, 6) is 0.998. The molecule has 0 bridgehead atoms. The Morgan fingerprint density at radius 2 is 2.05 bits per heavy atom. The minimum atomic E-state index is -1.19. The fourth-order valence-corrected chi connectivity index (χ4v) is 2.88. The lowest BCUT2D eigenvalue weighted by Crippen LogP contribution is -2.31. The molecule has 0 heterocycles. The second-order valence-corrected chi connectivity index (χ2v) is 6.83. The highest BCUT2D eigenvalue weighted by Crippen LogP contribution is 2.26. The number of nitrogens with two attached hydrogens (primary N) is 1. The number of nitrogens with one attached hydrogen (secondary N) is 1. The molecule has 0 spiro atoms. The summed E-state index contributed by atoms with van der Waals surface area (Å²) in [5, 5.41) is 2.16. The lowest BCUT2D eigenvalue weighted by molar-refractivity contribution is -0.115. The predicted molar refractivity (Wildman–Crippen MR) is 83.3 cm³/mol. The first-order valence-electron chi connectivity index (χ1n) is 6.46. The van der Waals surface area contributed by atoms with Crippen molar-refractivity contribution in [2.45, 2.75) is 26.0 Å². The van der Waals surface area contributed by atoms with Gasteiger partial charge in [0.15, 0.2) is 0 Å². The number of carbonyl (C=O) groups excluding carboxylic acids is 1. The number of methoxy groups -OCH3 is 1. The Morgan fingerprint density at radius 3 is 2.60 bits per heavy atom. The van der Waals surface area contributed by atoms with Gasteiger partial charge < -0.3 is 15.8 Å². The average molecular weight is 298 g/mol. The molecule has 0 aliphatic heterocycles. The van der Waals surface area contributed by atoms with Crippen molar-refractivity contribution in [2.75, 3.05) is 23.9 Å². The first-order chi connectivity index (χ1) is 9.35. The van der Waals surface area contributed by atoms with E-state index >= 15 is 0 Å². The molecule has 0 saturated carbocycles. The lowest BCUT2D eigenvalue weighted by atomic mass is 10.2. The standard InChI is InChI=1S/C14H22N2O3S/c1-9(2)8-20(18)10(3)14(17)16-12-6-5-11(15)7-13(12)19-4/h5-7,9-10H,8,15H2,1-4H3,(H,16,17). The zero-order valence-corrected chi connectivity index (χ0v) is 13.1. The van der Waals surface area contributed by atoms with Gasteiger partial charge in [-0.3, -0.25) is 9.00 Å². The summed E-state index contributed by atoms with van der Waals surface area (Å²) in [6, 6.07) is 4.98. The highest BCUT2D eigenvalue weighted by atomic mass is 32.2. The van der Waals surface area contributed by atoms with Gasteiger partial charge >= 0.3 is 0 Å². The van der Waals surface area contributed by atoms with Gasteiger partial charge in [0.1, 0.15) is 11.0 Å². The number of carbonyl (C=O) groups is 1. The molecule has 20 heavy (non-hydrogen) atoms. The van der Waals surface area contributed by atoms with Crippen molar-refractivity contribution in [3.05, 3.63) is 18.2 Å². The van der Waals surface area contributed by atoms with E-state index in [0.29, 0.717) is 22.9 Å². The molecule has 2 atom stereocenters. The van der Waals surface area contributed by atoms with Crippen LogP contribution in [0.25, 0.3) is 0 Å². The number of hydrogen-bond acceptors (Lipinski definition) is 4. The third-order valence-corrected chi connectivity index (χ3v) is 4.74. The minimum Gasteiger partial charge on any atom is -0.494 e. The highest BCUT2D eigenvalue weighted by Gasteiger charge is 2.21. The van der Waals surface area contributed by atoms with Crippen molar-refractivity contribution in [3.8, 4) is 5.75 Å². The molecule has 2 unspecified atom stereocenters. The van der Waals surface area contributed by atoms with Crippen molar-refractivity contribution in [1.29, 1.82) is 0 Å². The zero-order chi connectivity index (χ0) is 15.3. The molecule has 0 saturated heterocycles. The maximum Gasteiger partial charge on any atom is 0.239 e. The van der Waals surface area contributed by atoms with Crippen LogP contribution >= 0.6 is 0 Å². The van der Waals surface area contributed by atoms with Crippen molar-refractivity contribution in [1.82, 2.24) is 0 Å². The molecule has 1 aromatic rings. The molecule has 0 radical (unpaired) electrons. The van der Waals surface area contributed by atoms with Crippen molar-refractivity contribution >= 4 is 28.1 Å². The van der Waals surface area contributed by atoms with Gasteiger partial charge in [-0.2, -0.15) is 0 Å². The monoisotopic (exact) mass is 298 g/mol. The van der Waals surface area contributed by atoms with Gasteiger partial charge in [-0.1, -0.05) is 13.8 Å². The molecule has 1 rings (SSSR count). The second kappa shape index (κ2) is 7.28. The quantitative estimate of drug-likeness (QED) is 0.787. The summed E-state index contributed by atoms with van der Waals surface area (Å²) in [7, 11) is 0.316. The number of rotatable bonds is 6. The van der Waals surface area contributed by atoms with Crippen LogP contribution in [-0.2, 0) is 15.6 Å². The minimum absolute atomic E-state index is 0.285. The third-order valence-electron chi connectivity index (χ3n) is 2.74. The van der Waals surface area contributed by atoms with Gasteiger partial charge in [-0.25, -0.2) is 0 Å². The Morgan fingerprint density at radius 1 is 1.40 bits per heavy atom. The molecule has 0 aliphatic rings. The van der Waals surface area contributed by atoms with E-state index in [1.807, 2.05) is 13.8 Å². The first kappa shape index (κ1) is 16.5. The van der Waals surface area contributed by atoms with Crippen molar-refractivity contribution in [3.63, 3.8) is 0 Å². The SMILES string of the molecule is COc1cc(N)ccc1NC(=O)C(C)S(=O)CC(C)C. The topological polar surface area (TPSA) is 81.4 Å². The Balaban J connectivity index is 2.78. The van der Waals surface area contributed by atoms with E-state index in [1.54, 1.807) is 25.1 Å². The number of hydrogen-bond donors (Lipinski definition) is 2. The zero-order valence-electron chi connectivity index (χ0n) is 12.3. The van der Waals surface area contributed by atoms with E-state index in [2.05, 4.69) is 5.32 Å². The Hall–Kier alpha value is -1.56. The molecular weight excluding hydrogens is 276 g/mol. The smallest absolute Gasteiger partial charge is 0.239 e. The van der Waals surface area contributed by atoms with E-state index in [1.165, 1.54) is 7.11 Å². The van der Waals surface area contributed by atoms with Gasteiger partial charge in [0, 0.05) is 28.3 Å². The van der Waals surface area contributed by atoms with Gasteiger partial charge in [0.25, 0.3) is 0 Å². The number of benzene rings is 1. The predicted octanol–water partition coefficient (Wildman–Crippen LogP) is 2.01. The molecule has 112 valence electrons. The van der Waals surface area contributed by atoms with Gasteiger partial charge in [0.2, 0.25) is 5.91 Å². The first-order valence-corrected chi connectivity index (χ1v) is 7.85. The largest absolute Gasteiger partial charge is 0.494 e. The van der Waals surface area contributed by atoms with Gasteiger partial charge in [0.05, 0.1) is 12.8 Å². The average Bonchev–Trinajstić information content (AvgIpc) is 2.38. The van der Waals surface area contributed by atoms with Gasteiger partial charge in [-0.15, -0.1) is 0 Å². The summed E-state index contributed by atoms with van der Waals surface area (Å²) in [5.41, 5.74) is 6.74. The van der Waals surface area contributed by atoms with Crippen molar-refractivity contribution in [2.24, 2.45) is 5.92 Å². The van der Waals surface area contributed by atoms with E-state index in [9.17, 15) is 9.00 Å². The van der Waals surface area contributed by atoms with E-state index in [0.717, 1.165) is 0 Å². The summed E-state index contributed by atoms with van der Waals surface area (Å²) >= 11 is 0. The Labute approximate surface area is 122 Å². The van der Waals surface area contributed by atoms with Crippen LogP contribution in [0.2, 0.25) is 0 Å². The molecule has 6 heteroatoms. The Bertz CT molecular complexity index is 503. The number of ether oxygens (including phenoxy) is 1. The van der Waals surface area contributed by atoms with Crippen LogP contribution in [0.5, 0.6) is 5.75 Å². The van der Waals surface area contributed by atoms with Crippen LogP contribution in [0, 0.1) is 5.92 Å². The molecule has 0 fully saturated rings. The maximum atomic E-state index is 12.1. The lowest BCUT2D eigenvalue weighted by Gasteiger charge is -2.15. The molecule has 1 amide bonds. The normalized spacial score (nSPS) is 13.8. The van der Waals surface area contributed by atoms with Crippen LogP contribution in [0.3, 0.4) is 0 Å². The van der Waals surface area contributed by atoms with Gasteiger partial charge in [-0.05, 0) is 25.0 Å². The highest BCUT2D eigenvalue weighted by molar-refractivity contribution is 7.86. The number of amides is 1. The molecular formula is C14H22N2O3S. The number of nitrogen functional groups attached to an aromatic ring is 1. The summed E-state index contributed by atoms with van der Waals surface area (Å²) in [6.07, 6.45) is 0. The number of anilines is 2. The van der Waals surface area contributed by atoms with E-state index in [-0.39, 0.29) is 11.8 Å². The summed E-state index contributed by atoms with van der Waals surface area (Å²) in [6.45, 7) is 5.62. The molecule has 0 aliphatic carbocycles. The molecule has 0 aromatic heterocycles. The fraction of sp³-hybridized carbons (Fsp3) is 0.500. The van der Waals surface area contributed by atoms with Crippen LogP contribution in [0.1, 0.15) is 20.8 Å². The Kier molecular flexibility index (Phi) is 6.01. The maximum absolute atomic E-state index is 12.1. The molecule has 1 aromatic carbocycles. The third kappa shape index (κ3) is 4.52. The van der Waals surface area contributed by atoms with E-state index in [4.69, 9.17) is 10.5 Å². The summed E-state index contributed by atoms with van der Waals surface area (Å²) < 4.78 is 17.2. The van der Waals surface area contributed by atoms with E-state index < -0.39 is 16.0 Å². The molecule has 5 nitrogen and oxygen atoms in total. The summed E-state index contributed by atoms with van der Waals surface area (Å²) in [4.78, 5) is 12.1. The fourth-order valence-electron chi connectivity index (χ4n) is 1.64. The molecule has 3 N–H and O–H groups in total.